The minimum atomic E-state index is 0.283. The highest BCUT2D eigenvalue weighted by molar-refractivity contribution is 7.13. The fourth-order valence-electron chi connectivity index (χ4n) is 2.09. The standard InChI is InChI=1S/C15H18N6S/c1-11(12(2)21-8-4-7-19-21)18-9-13-10-22-15(20-13)14-16-5-3-6-17-14/h3-8,10-12,18H,9H2,1-2H3/t11-,12-/m0/s1. The highest BCUT2D eigenvalue weighted by Crippen LogP contribution is 2.19. The summed E-state index contributed by atoms with van der Waals surface area (Å²) in [5, 5.41) is 10.7. The Morgan fingerprint density at radius 3 is 2.73 bits per heavy atom. The zero-order valence-corrected chi connectivity index (χ0v) is 13.4. The van der Waals surface area contributed by atoms with E-state index in [0.717, 1.165) is 17.2 Å². The van der Waals surface area contributed by atoms with Crippen LogP contribution in [0.5, 0.6) is 0 Å². The van der Waals surface area contributed by atoms with Gasteiger partial charge in [0.1, 0.15) is 0 Å². The first kappa shape index (κ1) is 14.8. The molecule has 22 heavy (non-hydrogen) atoms. The summed E-state index contributed by atoms with van der Waals surface area (Å²) < 4.78 is 1.96. The summed E-state index contributed by atoms with van der Waals surface area (Å²) in [6.07, 6.45) is 7.25. The molecule has 0 saturated carbocycles. The number of nitrogens with zero attached hydrogens (tertiary/aromatic N) is 5. The minimum absolute atomic E-state index is 0.283. The molecule has 0 saturated heterocycles. The Morgan fingerprint density at radius 2 is 2.00 bits per heavy atom. The summed E-state index contributed by atoms with van der Waals surface area (Å²) in [5.41, 5.74) is 1.01. The second-order valence-electron chi connectivity index (χ2n) is 5.11. The Bertz CT molecular complexity index is 694. The van der Waals surface area contributed by atoms with Crippen LogP contribution in [0.4, 0.5) is 0 Å². The van der Waals surface area contributed by atoms with Gasteiger partial charge in [-0.3, -0.25) is 4.68 Å². The molecule has 114 valence electrons. The van der Waals surface area contributed by atoms with E-state index < -0.39 is 0 Å². The van der Waals surface area contributed by atoms with Gasteiger partial charge in [-0.05, 0) is 26.0 Å². The van der Waals surface area contributed by atoms with Crippen molar-refractivity contribution in [2.75, 3.05) is 0 Å². The van der Waals surface area contributed by atoms with Gasteiger partial charge in [0.05, 0.1) is 11.7 Å². The Kier molecular flexibility index (Phi) is 4.55. The molecule has 0 aliphatic carbocycles. The van der Waals surface area contributed by atoms with Gasteiger partial charge in [-0.2, -0.15) is 5.10 Å². The van der Waals surface area contributed by atoms with Crippen LogP contribution in [0.1, 0.15) is 25.6 Å². The lowest BCUT2D eigenvalue weighted by Gasteiger charge is -2.21. The highest BCUT2D eigenvalue weighted by atomic mass is 32.1. The van der Waals surface area contributed by atoms with Crippen LogP contribution in [0.25, 0.3) is 10.8 Å². The number of nitrogens with one attached hydrogen (secondary N) is 1. The van der Waals surface area contributed by atoms with E-state index >= 15 is 0 Å². The van der Waals surface area contributed by atoms with E-state index in [1.54, 1.807) is 36.0 Å². The fourth-order valence-corrected chi connectivity index (χ4v) is 2.85. The molecule has 1 N–H and O–H groups in total. The van der Waals surface area contributed by atoms with Crippen LogP contribution in [0.15, 0.2) is 42.3 Å². The maximum atomic E-state index is 4.58. The van der Waals surface area contributed by atoms with Gasteiger partial charge in [-0.1, -0.05) is 0 Å². The molecule has 0 aliphatic rings. The summed E-state index contributed by atoms with van der Waals surface area (Å²) in [4.78, 5) is 13.0. The summed E-state index contributed by atoms with van der Waals surface area (Å²) in [7, 11) is 0. The van der Waals surface area contributed by atoms with E-state index in [4.69, 9.17) is 0 Å². The van der Waals surface area contributed by atoms with Crippen molar-refractivity contribution in [3.8, 4) is 10.8 Å². The number of rotatable bonds is 6. The van der Waals surface area contributed by atoms with Crippen LogP contribution >= 0.6 is 11.3 Å². The van der Waals surface area contributed by atoms with Crippen molar-refractivity contribution in [3.05, 3.63) is 48.0 Å². The third-order valence-corrected chi connectivity index (χ3v) is 4.47. The number of hydrogen-bond acceptors (Lipinski definition) is 6. The summed E-state index contributed by atoms with van der Waals surface area (Å²) >= 11 is 1.57. The monoisotopic (exact) mass is 314 g/mol. The first-order valence-corrected chi connectivity index (χ1v) is 8.06. The van der Waals surface area contributed by atoms with Gasteiger partial charge in [0.25, 0.3) is 0 Å². The molecular weight excluding hydrogens is 296 g/mol. The van der Waals surface area contributed by atoms with E-state index in [1.807, 2.05) is 22.3 Å². The number of hydrogen-bond donors (Lipinski definition) is 1. The number of aromatic nitrogens is 5. The zero-order chi connectivity index (χ0) is 15.4. The predicted molar refractivity (Wildman–Crippen MR) is 86.4 cm³/mol. The smallest absolute Gasteiger partial charge is 0.188 e. The fraction of sp³-hybridized carbons (Fsp3) is 0.333. The molecule has 2 atom stereocenters. The van der Waals surface area contributed by atoms with Crippen molar-refractivity contribution in [1.82, 2.24) is 30.0 Å². The van der Waals surface area contributed by atoms with Gasteiger partial charge in [-0.25, -0.2) is 15.0 Å². The maximum Gasteiger partial charge on any atom is 0.188 e. The molecule has 0 fully saturated rings. The van der Waals surface area contributed by atoms with Crippen LogP contribution in [0.3, 0.4) is 0 Å². The van der Waals surface area contributed by atoms with Gasteiger partial charge in [0.15, 0.2) is 10.8 Å². The molecule has 0 bridgehead atoms. The van der Waals surface area contributed by atoms with Crippen molar-refractivity contribution in [2.45, 2.75) is 32.5 Å². The van der Waals surface area contributed by atoms with E-state index in [2.05, 4.69) is 39.2 Å². The highest BCUT2D eigenvalue weighted by Gasteiger charge is 2.14. The van der Waals surface area contributed by atoms with Crippen molar-refractivity contribution in [1.29, 1.82) is 0 Å². The maximum absolute atomic E-state index is 4.58. The van der Waals surface area contributed by atoms with Crippen LogP contribution in [0.2, 0.25) is 0 Å². The second-order valence-corrected chi connectivity index (χ2v) is 5.97. The molecule has 0 amide bonds. The van der Waals surface area contributed by atoms with E-state index in [0.29, 0.717) is 5.82 Å². The largest absolute Gasteiger partial charge is 0.306 e. The topological polar surface area (TPSA) is 68.5 Å². The first-order valence-electron chi connectivity index (χ1n) is 7.18. The lowest BCUT2D eigenvalue weighted by Crippen LogP contribution is -2.33. The van der Waals surface area contributed by atoms with E-state index in [-0.39, 0.29) is 12.1 Å². The van der Waals surface area contributed by atoms with Crippen molar-refractivity contribution < 1.29 is 0 Å². The first-order chi connectivity index (χ1) is 10.7. The molecule has 7 heteroatoms. The molecule has 0 unspecified atom stereocenters. The zero-order valence-electron chi connectivity index (χ0n) is 12.5. The molecule has 0 radical (unpaired) electrons. The van der Waals surface area contributed by atoms with Crippen LogP contribution in [-0.2, 0) is 6.54 Å². The molecule has 0 aliphatic heterocycles. The molecular formula is C15H18N6S. The molecule has 6 nitrogen and oxygen atoms in total. The predicted octanol–water partition coefficient (Wildman–Crippen LogP) is 2.54. The van der Waals surface area contributed by atoms with Crippen molar-refractivity contribution in [2.24, 2.45) is 0 Å². The third kappa shape index (κ3) is 3.37. The molecule has 0 spiro atoms. The average molecular weight is 314 g/mol. The SMILES string of the molecule is C[C@H](NCc1csc(-c2ncccn2)n1)[C@H](C)n1cccn1. The minimum Gasteiger partial charge on any atom is -0.306 e. The molecule has 3 heterocycles. The van der Waals surface area contributed by atoms with Gasteiger partial charge >= 0.3 is 0 Å². The van der Waals surface area contributed by atoms with Gasteiger partial charge in [-0.15, -0.1) is 11.3 Å². The quantitative estimate of drug-likeness (QED) is 0.757. The Hall–Kier alpha value is -2.12. The third-order valence-electron chi connectivity index (χ3n) is 3.58. The average Bonchev–Trinajstić information content (AvgIpc) is 3.24. The van der Waals surface area contributed by atoms with Gasteiger partial charge in [0.2, 0.25) is 0 Å². The van der Waals surface area contributed by atoms with E-state index in [9.17, 15) is 0 Å². The van der Waals surface area contributed by atoms with Crippen LogP contribution in [-0.4, -0.2) is 30.8 Å². The van der Waals surface area contributed by atoms with Crippen molar-refractivity contribution >= 4 is 11.3 Å². The summed E-state index contributed by atoms with van der Waals surface area (Å²) in [5.74, 6) is 0.678. The Morgan fingerprint density at radius 1 is 1.18 bits per heavy atom. The van der Waals surface area contributed by atoms with Gasteiger partial charge < -0.3 is 5.32 Å². The second kappa shape index (κ2) is 6.76. The van der Waals surface area contributed by atoms with E-state index in [1.165, 1.54) is 0 Å². The molecule has 3 aromatic rings. The van der Waals surface area contributed by atoms with Gasteiger partial charge in [0, 0.05) is 42.8 Å². The molecule has 0 aromatic carbocycles. The molecule has 3 rings (SSSR count). The summed E-state index contributed by atoms with van der Waals surface area (Å²) in [6, 6.07) is 4.32. The lowest BCUT2D eigenvalue weighted by atomic mass is 10.2. The lowest BCUT2D eigenvalue weighted by molar-refractivity contribution is 0.364. The normalized spacial score (nSPS) is 13.9. The summed E-state index contributed by atoms with van der Waals surface area (Å²) in [6.45, 7) is 5.02. The number of thiazole rings is 1. The van der Waals surface area contributed by atoms with Crippen LogP contribution in [0, 0.1) is 0 Å². The Balaban J connectivity index is 1.59. The Labute approximate surface area is 133 Å². The van der Waals surface area contributed by atoms with Crippen molar-refractivity contribution in [3.63, 3.8) is 0 Å². The molecule has 3 aromatic heterocycles. The van der Waals surface area contributed by atoms with Crippen LogP contribution < -0.4 is 5.32 Å².